The molecule has 2 heterocycles. The number of carbonyl (C=O) groups is 3. The van der Waals surface area contributed by atoms with E-state index in [-0.39, 0.29) is 30.4 Å². The molecule has 0 fully saturated rings. The number of thiazole rings is 1. The lowest BCUT2D eigenvalue weighted by atomic mass is 10.0. The fourth-order valence-corrected chi connectivity index (χ4v) is 5.36. The monoisotopic (exact) mass is 573 g/mol. The van der Waals surface area contributed by atoms with Crippen LogP contribution >= 0.6 is 11.3 Å². The van der Waals surface area contributed by atoms with E-state index in [1.807, 2.05) is 56.3 Å². The Kier molecular flexibility index (Phi) is 9.93. The number of pyridine rings is 1. The van der Waals surface area contributed by atoms with Crippen LogP contribution in [-0.2, 0) is 16.0 Å². The van der Waals surface area contributed by atoms with Crippen molar-refractivity contribution in [1.82, 2.24) is 20.2 Å². The second kappa shape index (κ2) is 13.6. The lowest BCUT2D eigenvalue weighted by molar-refractivity contribution is -0.134. The Morgan fingerprint density at radius 3 is 2.54 bits per heavy atom. The highest BCUT2D eigenvalue weighted by molar-refractivity contribution is 7.16. The van der Waals surface area contributed by atoms with Crippen LogP contribution in [0.25, 0.3) is 21.5 Å². The van der Waals surface area contributed by atoms with Crippen LogP contribution in [0, 0.1) is 5.92 Å². The maximum absolute atomic E-state index is 13.8. The van der Waals surface area contributed by atoms with Gasteiger partial charge in [0.15, 0.2) is 0 Å². The summed E-state index contributed by atoms with van der Waals surface area (Å²) in [5, 5.41) is 13.6. The van der Waals surface area contributed by atoms with Crippen molar-refractivity contribution in [2.75, 3.05) is 6.54 Å². The molecule has 0 radical (unpaired) electrons. The zero-order valence-corrected chi connectivity index (χ0v) is 24.2. The van der Waals surface area contributed by atoms with E-state index in [4.69, 9.17) is 5.73 Å². The van der Waals surface area contributed by atoms with Crippen LogP contribution in [0.3, 0.4) is 0 Å². The number of nitrogens with two attached hydrogens (primary N) is 1. The first-order valence-corrected chi connectivity index (χ1v) is 14.4. The molecule has 0 bridgehead atoms. The largest absolute Gasteiger partial charge is 0.391 e. The summed E-state index contributed by atoms with van der Waals surface area (Å²) >= 11 is 1.38. The van der Waals surface area contributed by atoms with Crippen molar-refractivity contribution < 1.29 is 19.5 Å². The van der Waals surface area contributed by atoms with E-state index in [1.165, 1.54) is 18.3 Å². The van der Waals surface area contributed by atoms with Crippen LogP contribution < -0.4 is 11.1 Å². The van der Waals surface area contributed by atoms with Gasteiger partial charge in [-0.3, -0.25) is 24.3 Å². The molecule has 41 heavy (non-hydrogen) atoms. The van der Waals surface area contributed by atoms with Gasteiger partial charge < -0.3 is 16.2 Å². The number of nitrogens with zero attached hydrogens (tertiary/aromatic N) is 3. The predicted molar refractivity (Wildman–Crippen MR) is 160 cm³/mol. The number of aromatic nitrogens is 2. The van der Waals surface area contributed by atoms with Gasteiger partial charge >= 0.3 is 0 Å². The van der Waals surface area contributed by atoms with Gasteiger partial charge in [0.2, 0.25) is 11.8 Å². The number of hydrogen-bond acceptors (Lipinski definition) is 8. The first-order chi connectivity index (χ1) is 19.6. The van der Waals surface area contributed by atoms with Crippen molar-refractivity contribution in [1.29, 1.82) is 0 Å². The van der Waals surface area contributed by atoms with E-state index in [2.05, 4.69) is 15.3 Å². The van der Waals surface area contributed by atoms with Crippen molar-refractivity contribution in [2.24, 2.45) is 11.7 Å². The predicted octanol–water partition coefficient (Wildman–Crippen LogP) is 3.81. The average molecular weight is 574 g/mol. The van der Waals surface area contributed by atoms with Gasteiger partial charge in [0.1, 0.15) is 0 Å². The van der Waals surface area contributed by atoms with Gasteiger partial charge in [0.05, 0.1) is 46.0 Å². The molecule has 2 aromatic heterocycles. The fraction of sp³-hybridized carbons (Fsp3) is 0.323. The highest BCUT2D eigenvalue weighted by atomic mass is 32.1. The molecule has 0 aliphatic heterocycles. The van der Waals surface area contributed by atoms with Crippen molar-refractivity contribution in [2.45, 2.75) is 51.8 Å². The molecule has 0 spiro atoms. The molecule has 10 heteroatoms. The quantitative estimate of drug-likeness (QED) is 0.248. The second-order valence-corrected chi connectivity index (χ2v) is 11.4. The van der Waals surface area contributed by atoms with Crippen molar-refractivity contribution >= 4 is 39.3 Å². The number of aliphatic hydroxyl groups is 1. The molecular weight excluding hydrogens is 538 g/mol. The topological polar surface area (TPSA) is 139 Å². The Bertz CT molecular complexity index is 1500. The van der Waals surface area contributed by atoms with Gasteiger partial charge in [-0.15, -0.1) is 11.3 Å². The zero-order valence-electron chi connectivity index (χ0n) is 23.4. The summed E-state index contributed by atoms with van der Waals surface area (Å²) in [6.07, 6.45) is 1.02. The summed E-state index contributed by atoms with van der Waals surface area (Å²) in [5.41, 5.74) is 11.4. The molecule has 4 aromatic rings. The molecule has 2 aromatic carbocycles. The number of aliphatic hydroxyl groups excluding tert-OH is 1. The molecule has 3 atom stereocenters. The zero-order chi connectivity index (χ0) is 29.5. The van der Waals surface area contributed by atoms with Crippen LogP contribution in [0.2, 0.25) is 0 Å². The molecule has 0 aliphatic rings. The van der Waals surface area contributed by atoms with Gasteiger partial charge in [0.25, 0.3) is 5.91 Å². The van der Waals surface area contributed by atoms with Crippen LogP contribution in [0.5, 0.6) is 0 Å². The van der Waals surface area contributed by atoms with Crippen molar-refractivity contribution in [3.8, 4) is 11.3 Å². The first kappa shape index (κ1) is 30.0. The summed E-state index contributed by atoms with van der Waals surface area (Å²) in [7, 11) is 0. The molecule has 4 N–H and O–H groups in total. The maximum atomic E-state index is 13.8. The molecule has 0 saturated carbocycles. The minimum atomic E-state index is -1.13. The number of nitrogens with one attached hydrogen (secondary N) is 1. The second-order valence-electron chi connectivity index (χ2n) is 10.5. The molecule has 0 saturated heterocycles. The summed E-state index contributed by atoms with van der Waals surface area (Å²) in [4.78, 5) is 50.0. The lowest BCUT2D eigenvalue weighted by Crippen LogP contribution is -2.58. The SMILES string of the molecule is CC(C)C[C@H](N)C(=O)N(C(=O)c1ccc2ncsc2c1)[C@@H](CNC(=O)Cc1cccc(-c2ccccn2)c1)C(C)O. The Morgan fingerprint density at radius 1 is 1.02 bits per heavy atom. The molecule has 1 unspecified atom stereocenters. The van der Waals surface area contributed by atoms with Crippen molar-refractivity contribution in [3.05, 3.63) is 83.5 Å². The van der Waals surface area contributed by atoms with Gasteiger partial charge in [-0.1, -0.05) is 38.1 Å². The van der Waals surface area contributed by atoms with E-state index in [9.17, 15) is 19.5 Å². The van der Waals surface area contributed by atoms with E-state index >= 15 is 0 Å². The summed E-state index contributed by atoms with van der Waals surface area (Å²) < 4.78 is 0.796. The normalized spacial score (nSPS) is 13.5. The average Bonchev–Trinajstić information content (AvgIpc) is 3.43. The Hall–Kier alpha value is -3.99. The third kappa shape index (κ3) is 7.60. The standard InChI is InChI=1S/C31H35N5O4S/c1-19(2)13-24(32)31(40)36(30(39)23-10-11-26-28(16-23)41-18-35-26)27(20(3)37)17-34-29(38)15-21-7-6-8-22(14-21)25-9-4-5-12-33-25/h4-12,14,16,18-20,24,27,37H,13,15,17,32H2,1-3H3,(H,34,38)/t20?,24-,27-/m0/s1. The van der Waals surface area contributed by atoms with Gasteiger partial charge in [-0.2, -0.15) is 0 Å². The molecule has 214 valence electrons. The Balaban J connectivity index is 1.54. The van der Waals surface area contributed by atoms with E-state index < -0.39 is 30.0 Å². The number of carbonyl (C=O) groups excluding carboxylic acids is 3. The van der Waals surface area contributed by atoms with Crippen molar-refractivity contribution in [3.63, 3.8) is 0 Å². The van der Waals surface area contributed by atoms with Crippen LogP contribution in [-0.4, -0.2) is 62.4 Å². The summed E-state index contributed by atoms with van der Waals surface area (Å²) in [5.74, 6) is -1.39. The maximum Gasteiger partial charge on any atom is 0.260 e. The van der Waals surface area contributed by atoms with E-state index in [0.29, 0.717) is 6.42 Å². The fourth-order valence-electron chi connectivity index (χ4n) is 4.65. The smallest absolute Gasteiger partial charge is 0.260 e. The van der Waals surface area contributed by atoms with Crippen LogP contribution in [0.4, 0.5) is 0 Å². The highest BCUT2D eigenvalue weighted by Gasteiger charge is 2.36. The van der Waals surface area contributed by atoms with Gasteiger partial charge in [-0.05, 0) is 61.2 Å². The summed E-state index contributed by atoms with van der Waals surface area (Å²) in [6.45, 7) is 5.23. The molecule has 0 aliphatic carbocycles. The number of imide groups is 1. The Labute approximate surface area is 243 Å². The molecule has 9 nitrogen and oxygen atoms in total. The molecular formula is C31H35N5O4S. The minimum absolute atomic E-state index is 0.0734. The number of benzene rings is 2. The minimum Gasteiger partial charge on any atom is -0.391 e. The summed E-state index contributed by atoms with van der Waals surface area (Å²) in [6, 6.07) is 16.2. The molecule has 4 rings (SSSR count). The van der Waals surface area contributed by atoms with Crippen LogP contribution in [0.1, 0.15) is 43.1 Å². The third-order valence-corrected chi connectivity index (χ3v) is 7.52. The Morgan fingerprint density at radius 2 is 1.83 bits per heavy atom. The number of hydrogen-bond donors (Lipinski definition) is 3. The number of fused-ring (bicyclic) bond motifs is 1. The number of amides is 3. The van der Waals surface area contributed by atoms with Gasteiger partial charge in [0, 0.05) is 23.9 Å². The van der Waals surface area contributed by atoms with Gasteiger partial charge in [-0.25, -0.2) is 4.98 Å². The van der Waals surface area contributed by atoms with Crippen LogP contribution in [0.15, 0.2) is 72.4 Å². The molecule has 3 amide bonds. The number of rotatable bonds is 11. The first-order valence-electron chi connectivity index (χ1n) is 13.6. The third-order valence-electron chi connectivity index (χ3n) is 6.73. The van der Waals surface area contributed by atoms with E-state index in [1.54, 1.807) is 29.9 Å². The lowest BCUT2D eigenvalue weighted by Gasteiger charge is -2.34. The van der Waals surface area contributed by atoms with E-state index in [0.717, 1.165) is 31.9 Å². The highest BCUT2D eigenvalue weighted by Crippen LogP contribution is 2.22.